The maximum Gasteiger partial charge on any atom is 0.261 e. The molecule has 3 saturated carbocycles. The van der Waals surface area contributed by atoms with Crippen molar-refractivity contribution in [3.63, 3.8) is 0 Å². The second-order valence-corrected chi connectivity index (χ2v) is 14.9. The first-order chi connectivity index (χ1) is 24.0. The van der Waals surface area contributed by atoms with E-state index in [-0.39, 0.29) is 23.2 Å². The van der Waals surface area contributed by atoms with Crippen molar-refractivity contribution in [2.75, 3.05) is 43.5 Å². The van der Waals surface area contributed by atoms with E-state index in [1.54, 1.807) is 25.4 Å². The van der Waals surface area contributed by atoms with Crippen LogP contribution in [0.1, 0.15) is 56.5 Å². The summed E-state index contributed by atoms with van der Waals surface area (Å²) < 4.78 is 21.2. The first-order valence-corrected chi connectivity index (χ1v) is 17.8. The van der Waals surface area contributed by atoms with Crippen LogP contribution in [0.2, 0.25) is 0 Å². The monoisotopic (exact) mass is 678 g/mol. The van der Waals surface area contributed by atoms with E-state index in [9.17, 15) is 14.0 Å². The third-order valence-electron chi connectivity index (χ3n) is 11.8. The molecule has 0 spiro atoms. The first-order valence-electron chi connectivity index (χ1n) is 17.8. The summed E-state index contributed by atoms with van der Waals surface area (Å²) in [4.78, 5) is 40.0. The molecule has 50 heavy (non-hydrogen) atoms. The van der Waals surface area contributed by atoms with Crippen LogP contribution in [0.5, 0.6) is 5.75 Å². The van der Waals surface area contributed by atoms with Gasteiger partial charge < -0.3 is 19.9 Å². The van der Waals surface area contributed by atoms with Crippen LogP contribution in [0.25, 0.3) is 10.9 Å². The zero-order chi connectivity index (χ0) is 35.2. The number of Topliss-reactive ketones (excluding diaryl/α,β-unsaturated/α-hetero) is 1. The molecule has 3 aromatic carbocycles. The molecule has 4 aromatic rings. The number of rotatable bonds is 8. The molecule has 1 aliphatic heterocycles. The second-order valence-electron chi connectivity index (χ2n) is 14.9. The molecule has 4 aliphatic rings. The highest BCUT2D eigenvalue weighted by Gasteiger charge is 2.56. The largest absolute Gasteiger partial charge is 0.497 e. The number of ether oxygens (including phenoxy) is 1. The van der Waals surface area contributed by atoms with Crippen molar-refractivity contribution in [2.24, 2.45) is 28.2 Å². The van der Waals surface area contributed by atoms with Gasteiger partial charge in [-0.15, -0.1) is 0 Å². The summed E-state index contributed by atoms with van der Waals surface area (Å²) in [5.41, 5.74) is 4.00. The number of carbonyl (C=O) groups excluding carboxylic acids is 1. The number of guanidine groups is 1. The summed E-state index contributed by atoms with van der Waals surface area (Å²) in [5, 5.41) is 4.16. The van der Waals surface area contributed by atoms with Crippen LogP contribution in [0.15, 0.2) is 76.8 Å². The maximum absolute atomic E-state index is 14.5. The van der Waals surface area contributed by atoms with E-state index in [4.69, 9.17) is 9.73 Å². The van der Waals surface area contributed by atoms with Gasteiger partial charge >= 0.3 is 0 Å². The Balaban J connectivity index is 1.10. The van der Waals surface area contributed by atoms with E-state index >= 15 is 0 Å². The van der Waals surface area contributed by atoms with Gasteiger partial charge in [0.05, 0.1) is 30.4 Å². The van der Waals surface area contributed by atoms with Gasteiger partial charge in [-0.05, 0) is 103 Å². The lowest BCUT2D eigenvalue weighted by Crippen LogP contribution is -2.57. The fourth-order valence-corrected chi connectivity index (χ4v) is 8.35. The first kappa shape index (κ1) is 33.8. The van der Waals surface area contributed by atoms with Crippen LogP contribution >= 0.6 is 0 Å². The molecule has 0 amide bonds. The number of piperazine rings is 1. The second kappa shape index (κ2) is 13.5. The molecule has 10 heteroatoms. The van der Waals surface area contributed by atoms with Gasteiger partial charge in [-0.3, -0.25) is 14.2 Å². The van der Waals surface area contributed by atoms with Crippen molar-refractivity contribution < 1.29 is 13.9 Å². The van der Waals surface area contributed by atoms with Gasteiger partial charge in [-0.2, -0.15) is 0 Å². The fraction of sp³-hybridized carbons (Fsp3) is 0.450. The van der Waals surface area contributed by atoms with E-state index in [2.05, 4.69) is 40.9 Å². The Morgan fingerprint density at radius 3 is 2.46 bits per heavy atom. The van der Waals surface area contributed by atoms with Crippen molar-refractivity contribution >= 4 is 34.0 Å². The molecule has 262 valence electrons. The van der Waals surface area contributed by atoms with Crippen LogP contribution in [0, 0.1) is 29.0 Å². The molecule has 2 heterocycles. The van der Waals surface area contributed by atoms with Crippen LogP contribution in [0.4, 0.5) is 15.8 Å². The highest BCUT2D eigenvalue weighted by molar-refractivity contribution is 5.96. The number of aliphatic imine (C=N–C) groups is 1. The van der Waals surface area contributed by atoms with Gasteiger partial charge in [0.2, 0.25) is 0 Å². The molecule has 1 unspecified atom stereocenters. The van der Waals surface area contributed by atoms with Crippen LogP contribution in [-0.2, 0) is 13.0 Å². The Morgan fingerprint density at radius 1 is 1.04 bits per heavy atom. The van der Waals surface area contributed by atoms with Gasteiger partial charge in [0, 0.05) is 55.7 Å². The fourth-order valence-electron chi connectivity index (χ4n) is 8.35. The van der Waals surface area contributed by atoms with E-state index in [0.29, 0.717) is 58.4 Å². The number of methoxy groups -OCH3 is 1. The van der Waals surface area contributed by atoms with Crippen molar-refractivity contribution in [1.82, 2.24) is 14.5 Å². The predicted octanol–water partition coefficient (Wildman–Crippen LogP) is 6.65. The quantitative estimate of drug-likeness (QED) is 0.127. The predicted molar refractivity (Wildman–Crippen MR) is 197 cm³/mol. The van der Waals surface area contributed by atoms with E-state index in [1.165, 1.54) is 24.2 Å². The number of hydrogen-bond donors (Lipinski definition) is 1. The molecule has 1 N–H and O–H groups in total. The molecular formula is C40H47FN6O3. The molecule has 1 saturated heterocycles. The van der Waals surface area contributed by atoms with Crippen molar-refractivity contribution in [3.8, 4) is 5.75 Å². The van der Waals surface area contributed by atoms with Crippen LogP contribution in [-0.4, -0.2) is 65.5 Å². The number of fused-ring (bicyclic) bond motifs is 3. The minimum Gasteiger partial charge on any atom is -0.497 e. The number of aryl methyl sites for hydroxylation is 2. The molecule has 8 rings (SSSR count). The number of carbonyl (C=O) groups is 1. The lowest BCUT2D eigenvalue weighted by atomic mass is 9.45. The number of hydrogen-bond acceptors (Lipinski definition) is 6. The Kier molecular flexibility index (Phi) is 9.13. The van der Waals surface area contributed by atoms with Crippen molar-refractivity contribution in [2.45, 2.75) is 59.5 Å². The van der Waals surface area contributed by atoms with E-state index < -0.39 is 0 Å². The molecular weight excluding hydrogens is 631 g/mol. The van der Waals surface area contributed by atoms with E-state index in [1.807, 2.05) is 42.5 Å². The topological polar surface area (TPSA) is 92.1 Å². The molecule has 1 aromatic heterocycles. The minimum atomic E-state index is -0.354. The third kappa shape index (κ3) is 6.48. The Bertz CT molecular complexity index is 1980. The lowest BCUT2D eigenvalue weighted by Gasteiger charge is -2.61. The van der Waals surface area contributed by atoms with Crippen molar-refractivity contribution in [3.05, 3.63) is 94.3 Å². The summed E-state index contributed by atoms with van der Waals surface area (Å²) in [6, 6.07) is 18.5. The molecule has 4 atom stereocenters. The summed E-state index contributed by atoms with van der Waals surface area (Å²) in [6.07, 6.45) is 4.30. The molecule has 0 radical (unpaired) electrons. The number of halogens is 1. The van der Waals surface area contributed by atoms with Gasteiger partial charge in [-0.25, -0.2) is 14.4 Å². The lowest BCUT2D eigenvalue weighted by molar-refractivity contribution is -0.108. The average Bonchev–Trinajstić information content (AvgIpc) is 3.12. The number of nitrogens with zero attached hydrogens (tertiary/aromatic N) is 5. The van der Waals surface area contributed by atoms with Gasteiger partial charge in [0.25, 0.3) is 5.56 Å². The summed E-state index contributed by atoms with van der Waals surface area (Å²) in [7, 11) is 1.50. The van der Waals surface area contributed by atoms with Gasteiger partial charge in [0.15, 0.2) is 11.7 Å². The summed E-state index contributed by atoms with van der Waals surface area (Å²) in [6.45, 7) is 12.4. The summed E-state index contributed by atoms with van der Waals surface area (Å²) in [5.74, 6) is 2.91. The van der Waals surface area contributed by atoms with Crippen molar-refractivity contribution in [1.29, 1.82) is 0 Å². The number of benzene rings is 3. The highest BCUT2D eigenvalue weighted by atomic mass is 19.1. The number of anilines is 2. The van der Waals surface area contributed by atoms with Crippen LogP contribution in [0.3, 0.4) is 0 Å². The molecule has 3 aliphatic carbocycles. The molecule has 9 nitrogen and oxygen atoms in total. The molecule has 2 bridgehead atoms. The van der Waals surface area contributed by atoms with Gasteiger partial charge in [-0.1, -0.05) is 26.8 Å². The van der Waals surface area contributed by atoms with E-state index in [0.717, 1.165) is 55.5 Å². The minimum absolute atomic E-state index is 0.0715. The SMILES string of the molecule is COc1ccc(CCn2cnc3cc(NC(=N[C@H]4C[C@@H]5C[C@H](C4C)C5(C)C)N4CCN(c5ccc(C(C)=O)cc5)CC4)ccc3c2=O)c(F)c1. The normalized spacial score (nSPS) is 23.0. The van der Waals surface area contributed by atoms with Gasteiger partial charge in [0.1, 0.15) is 11.6 Å². The third-order valence-corrected chi connectivity index (χ3v) is 11.8. The Labute approximate surface area is 293 Å². The highest BCUT2D eigenvalue weighted by Crippen LogP contribution is 2.61. The summed E-state index contributed by atoms with van der Waals surface area (Å²) >= 11 is 0. The number of ketones is 1. The standard InChI is InChI=1S/C40H47FN6O3/c1-25-34-20-29(40(34,3)4)21-36(25)44-39(46-18-16-45(17-19-46)31-10-6-27(7-11-31)26(2)48)43-30-9-13-33-37(22-30)42-24-47(38(33)49)15-14-28-8-12-32(50-5)23-35(28)41/h6-13,22-25,29,34,36H,14-21H2,1-5H3,(H,43,44)/t25?,29-,34+,36-/m0/s1. The molecule has 4 fully saturated rings. The number of aromatic nitrogens is 2. The Hall–Kier alpha value is -4.73. The Morgan fingerprint density at radius 2 is 1.80 bits per heavy atom. The van der Waals surface area contributed by atoms with Crippen LogP contribution < -0.4 is 20.5 Å². The zero-order valence-electron chi connectivity index (χ0n) is 29.7. The smallest absolute Gasteiger partial charge is 0.261 e. The number of nitrogens with one attached hydrogen (secondary N) is 1. The average molecular weight is 679 g/mol. The zero-order valence-corrected chi connectivity index (χ0v) is 29.7. The maximum atomic E-state index is 14.5.